The molecule has 1 aliphatic heterocycles. The Balaban J connectivity index is 1.77. The summed E-state index contributed by atoms with van der Waals surface area (Å²) in [7, 11) is 0. The average molecular weight is 417 g/mol. The molecule has 1 saturated heterocycles. The lowest BCUT2D eigenvalue weighted by molar-refractivity contribution is -0.135. The molecule has 6 heteroatoms. The number of amides is 1. The molecule has 2 aromatic rings. The number of alkyl halides is 1. The highest BCUT2D eigenvalue weighted by Gasteiger charge is 2.33. The van der Waals surface area contributed by atoms with E-state index in [-0.39, 0.29) is 36.2 Å². The van der Waals surface area contributed by atoms with Crippen molar-refractivity contribution in [3.05, 3.63) is 65.5 Å². The molecule has 0 bridgehead atoms. The minimum absolute atomic E-state index is 0.0535. The zero-order chi connectivity index (χ0) is 21.5. The van der Waals surface area contributed by atoms with Gasteiger partial charge in [0.25, 0.3) is 0 Å². The zero-order valence-electron chi connectivity index (χ0n) is 17.6. The number of carbonyl (C=O) groups is 1. The minimum atomic E-state index is -0.480. The molecule has 2 atom stereocenters. The molecule has 0 spiro atoms. The van der Waals surface area contributed by atoms with E-state index in [4.69, 9.17) is 4.74 Å². The lowest BCUT2D eigenvalue weighted by Gasteiger charge is -2.39. The van der Waals surface area contributed by atoms with Crippen LogP contribution in [-0.2, 0) is 17.8 Å². The summed E-state index contributed by atoms with van der Waals surface area (Å²) < 4.78 is 32.6. The van der Waals surface area contributed by atoms with Crippen LogP contribution in [0.5, 0.6) is 5.75 Å². The lowest BCUT2D eigenvalue weighted by Crippen LogP contribution is -2.52. The third kappa shape index (κ3) is 6.02. The number of ether oxygens (including phenoxy) is 1. The van der Waals surface area contributed by atoms with Gasteiger partial charge in [-0.25, -0.2) is 4.39 Å². The molecule has 3 rings (SSSR count). The Morgan fingerprint density at radius 3 is 2.43 bits per heavy atom. The van der Waals surface area contributed by atoms with Crippen LogP contribution in [0.25, 0.3) is 0 Å². The molecule has 0 aromatic heterocycles. The minimum Gasteiger partial charge on any atom is -0.491 e. The number of hydrogen-bond acceptors (Lipinski definition) is 3. The van der Waals surface area contributed by atoms with Gasteiger partial charge >= 0.3 is 0 Å². The van der Waals surface area contributed by atoms with Gasteiger partial charge in [0.1, 0.15) is 11.6 Å². The Labute approximate surface area is 177 Å². The quantitative estimate of drug-likeness (QED) is 0.704. The van der Waals surface area contributed by atoms with Gasteiger partial charge in [-0.2, -0.15) is 0 Å². The summed E-state index contributed by atoms with van der Waals surface area (Å²) in [6, 6.07) is 13.5. The van der Waals surface area contributed by atoms with Crippen molar-refractivity contribution in [2.24, 2.45) is 5.92 Å². The fraction of sp³-hybridized carbons (Fsp3) is 0.458. The van der Waals surface area contributed by atoms with Crippen LogP contribution in [0, 0.1) is 11.7 Å². The molecule has 2 aromatic carbocycles. The number of carbonyl (C=O) groups excluding carboxylic acids is 1. The molecule has 0 saturated carbocycles. The fourth-order valence-corrected chi connectivity index (χ4v) is 3.89. The molecular formula is C24H30F2N2O2. The van der Waals surface area contributed by atoms with Crippen molar-refractivity contribution in [3.63, 3.8) is 0 Å². The first-order valence-corrected chi connectivity index (χ1v) is 10.5. The van der Waals surface area contributed by atoms with Crippen molar-refractivity contribution in [1.29, 1.82) is 0 Å². The van der Waals surface area contributed by atoms with Gasteiger partial charge in [-0.15, -0.1) is 0 Å². The van der Waals surface area contributed by atoms with Gasteiger partial charge in [0.15, 0.2) is 0 Å². The van der Waals surface area contributed by atoms with Gasteiger partial charge < -0.3 is 15.0 Å². The van der Waals surface area contributed by atoms with Gasteiger partial charge in [0.05, 0.1) is 19.2 Å². The van der Waals surface area contributed by atoms with Crippen molar-refractivity contribution in [2.45, 2.75) is 45.4 Å². The maximum absolute atomic E-state index is 13.7. The average Bonchev–Trinajstić information content (AvgIpc) is 2.74. The predicted octanol–water partition coefficient (Wildman–Crippen LogP) is 4.13. The van der Waals surface area contributed by atoms with Crippen molar-refractivity contribution < 1.29 is 18.3 Å². The predicted molar refractivity (Wildman–Crippen MR) is 114 cm³/mol. The lowest BCUT2D eigenvalue weighted by atomic mass is 9.92. The molecule has 0 radical (unpaired) electrons. The number of piperidine rings is 1. The Bertz CT molecular complexity index is 809. The Hall–Kier alpha value is -2.47. The second kappa shape index (κ2) is 10.5. The second-order valence-corrected chi connectivity index (χ2v) is 8.11. The van der Waals surface area contributed by atoms with Crippen LogP contribution in [-0.4, -0.2) is 42.7 Å². The molecule has 0 unspecified atom stereocenters. The van der Waals surface area contributed by atoms with Crippen LogP contribution in [0.15, 0.2) is 48.5 Å². The van der Waals surface area contributed by atoms with E-state index in [0.717, 1.165) is 23.4 Å². The standard InChI is InChI=1S/C24H30F2N2O2/c1-17(2)30-22-9-5-18(6-10-22)13-24(29)28(16-19-3-7-21(26)8-4-19)23-11-12-27-15-20(23)14-25/h3-10,17,20,23,27H,11-16H2,1-2H3/t20-,23+/m0/s1. The van der Waals surface area contributed by atoms with E-state index in [1.165, 1.54) is 12.1 Å². The highest BCUT2D eigenvalue weighted by atomic mass is 19.1. The van der Waals surface area contributed by atoms with Crippen LogP contribution < -0.4 is 10.1 Å². The van der Waals surface area contributed by atoms with Crippen molar-refractivity contribution in [1.82, 2.24) is 10.2 Å². The smallest absolute Gasteiger partial charge is 0.227 e. The summed E-state index contributed by atoms with van der Waals surface area (Å²) >= 11 is 0. The number of rotatable bonds is 8. The maximum atomic E-state index is 13.7. The van der Waals surface area contributed by atoms with Crippen molar-refractivity contribution >= 4 is 5.91 Å². The summed E-state index contributed by atoms with van der Waals surface area (Å²) in [6.45, 7) is 5.09. The molecule has 1 aliphatic rings. The maximum Gasteiger partial charge on any atom is 0.227 e. The third-order valence-electron chi connectivity index (χ3n) is 5.40. The first-order chi connectivity index (χ1) is 14.5. The van der Waals surface area contributed by atoms with E-state index < -0.39 is 6.67 Å². The molecule has 162 valence electrons. The van der Waals surface area contributed by atoms with Crippen molar-refractivity contribution in [2.75, 3.05) is 19.8 Å². The highest BCUT2D eigenvalue weighted by molar-refractivity contribution is 5.79. The SMILES string of the molecule is CC(C)Oc1ccc(CC(=O)N(Cc2ccc(F)cc2)[C@@H]2CCNC[C@@H]2CF)cc1. The number of hydrogen-bond donors (Lipinski definition) is 1. The Morgan fingerprint density at radius 2 is 1.80 bits per heavy atom. The molecule has 4 nitrogen and oxygen atoms in total. The molecule has 1 heterocycles. The molecule has 1 amide bonds. The fourth-order valence-electron chi connectivity index (χ4n) is 3.89. The topological polar surface area (TPSA) is 41.6 Å². The van der Waals surface area contributed by atoms with Gasteiger partial charge in [-0.3, -0.25) is 9.18 Å². The van der Waals surface area contributed by atoms with Gasteiger partial charge in [-0.1, -0.05) is 24.3 Å². The highest BCUT2D eigenvalue weighted by Crippen LogP contribution is 2.23. The molecule has 0 aliphatic carbocycles. The zero-order valence-corrected chi connectivity index (χ0v) is 17.6. The summed E-state index contributed by atoms with van der Waals surface area (Å²) in [5.41, 5.74) is 1.72. The van der Waals surface area contributed by atoms with E-state index in [2.05, 4.69) is 5.32 Å². The normalized spacial score (nSPS) is 19.0. The Morgan fingerprint density at radius 1 is 1.13 bits per heavy atom. The van der Waals surface area contributed by atoms with E-state index >= 15 is 0 Å². The number of benzene rings is 2. The largest absolute Gasteiger partial charge is 0.491 e. The summed E-state index contributed by atoms with van der Waals surface area (Å²) in [5, 5.41) is 3.21. The summed E-state index contributed by atoms with van der Waals surface area (Å²) in [6.07, 6.45) is 1.01. The number of nitrogens with zero attached hydrogens (tertiary/aromatic N) is 1. The van der Waals surface area contributed by atoms with Crippen LogP contribution in [0.3, 0.4) is 0 Å². The monoisotopic (exact) mass is 416 g/mol. The van der Waals surface area contributed by atoms with Crippen LogP contribution in [0.1, 0.15) is 31.4 Å². The molecule has 1 fully saturated rings. The second-order valence-electron chi connectivity index (χ2n) is 8.11. The van der Waals surface area contributed by atoms with E-state index in [9.17, 15) is 13.6 Å². The van der Waals surface area contributed by atoms with Crippen LogP contribution in [0.4, 0.5) is 8.78 Å². The van der Waals surface area contributed by atoms with Crippen molar-refractivity contribution in [3.8, 4) is 5.75 Å². The Kier molecular flexibility index (Phi) is 7.80. The van der Waals surface area contributed by atoms with E-state index in [1.54, 1.807) is 17.0 Å². The van der Waals surface area contributed by atoms with Crippen LogP contribution in [0.2, 0.25) is 0 Å². The molecular weight excluding hydrogens is 386 g/mol. The first-order valence-electron chi connectivity index (χ1n) is 10.5. The van der Waals surface area contributed by atoms with Crippen LogP contribution >= 0.6 is 0 Å². The van der Waals surface area contributed by atoms with E-state index in [1.807, 2.05) is 38.1 Å². The third-order valence-corrected chi connectivity index (χ3v) is 5.40. The van der Waals surface area contributed by atoms with Gasteiger partial charge in [0, 0.05) is 25.0 Å². The van der Waals surface area contributed by atoms with Gasteiger partial charge in [0.2, 0.25) is 5.91 Å². The van der Waals surface area contributed by atoms with E-state index in [0.29, 0.717) is 19.5 Å². The molecule has 1 N–H and O–H groups in total. The first kappa shape index (κ1) is 22.2. The summed E-state index contributed by atoms with van der Waals surface area (Å²) in [4.78, 5) is 15.1. The number of halogens is 2. The van der Waals surface area contributed by atoms with Gasteiger partial charge in [-0.05, 0) is 62.2 Å². The molecule has 30 heavy (non-hydrogen) atoms. The summed E-state index contributed by atoms with van der Waals surface area (Å²) in [5.74, 6) is 0.149. The number of nitrogens with one attached hydrogen (secondary N) is 1.